The summed E-state index contributed by atoms with van der Waals surface area (Å²) in [6.45, 7) is 0. The molecule has 0 saturated heterocycles. The number of nitrogens with two attached hydrogens (primary N) is 1. The highest BCUT2D eigenvalue weighted by Crippen LogP contribution is 2.28. The lowest BCUT2D eigenvalue weighted by atomic mass is 10.4. The number of urea groups is 1. The van der Waals surface area contributed by atoms with Crippen molar-refractivity contribution in [1.82, 2.24) is 5.43 Å². The van der Waals surface area contributed by atoms with E-state index in [0.29, 0.717) is 0 Å². The Kier molecular flexibility index (Phi) is 2.86. The van der Waals surface area contributed by atoms with Crippen LogP contribution >= 0.6 is 0 Å². The number of furan rings is 1. The van der Waals surface area contributed by atoms with Gasteiger partial charge in [0.1, 0.15) is 4.92 Å². The summed E-state index contributed by atoms with van der Waals surface area (Å²) in [6, 6.07) is 0.0844. The normalized spacial score (nSPS) is 10.4. The molecule has 9 nitrogen and oxygen atoms in total. The van der Waals surface area contributed by atoms with E-state index in [1.807, 2.05) is 5.43 Å². The lowest BCUT2D eigenvalue weighted by Gasteiger charge is -1.87. The average Bonchev–Trinajstić information content (AvgIpc) is 2.46. The molecule has 0 aliphatic rings. The summed E-state index contributed by atoms with van der Waals surface area (Å²) in [5, 5.41) is 22.5. The van der Waals surface area contributed by atoms with Gasteiger partial charge in [0, 0.05) is 6.07 Å². The third-order valence-electron chi connectivity index (χ3n) is 1.24. The summed E-state index contributed by atoms with van der Waals surface area (Å²) in [6.07, 6.45) is 0.956. The van der Waals surface area contributed by atoms with Crippen LogP contribution in [0.5, 0.6) is 5.75 Å². The minimum atomic E-state index is -0.895. The van der Waals surface area contributed by atoms with E-state index in [0.717, 1.165) is 12.3 Å². The van der Waals surface area contributed by atoms with Gasteiger partial charge in [0.25, 0.3) is 0 Å². The molecule has 0 unspecified atom stereocenters. The molecule has 80 valence electrons. The molecular formula is C6H6N4O5. The summed E-state index contributed by atoms with van der Waals surface area (Å²) >= 11 is 0. The Bertz CT molecular complexity index is 423. The van der Waals surface area contributed by atoms with Crippen molar-refractivity contribution >= 4 is 18.1 Å². The third-order valence-corrected chi connectivity index (χ3v) is 1.24. The van der Waals surface area contributed by atoms with Crippen molar-refractivity contribution in [3.63, 3.8) is 0 Å². The molecule has 0 spiro atoms. The Labute approximate surface area is 82.3 Å². The predicted octanol–water partition coefficient (Wildman–Crippen LogP) is -0.104. The highest BCUT2D eigenvalue weighted by molar-refractivity contribution is 5.79. The zero-order chi connectivity index (χ0) is 11.4. The molecule has 0 saturated carbocycles. The van der Waals surface area contributed by atoms with Gasteiger partial charge in [-0.1, -0.05) is 0 Å². The van der Waals surface area contributed by atoms with Crippen LogP contribution in [0.25, 0.3) is 0 Å². The summed E-state index contributed by atoms with van der Waals surface area (Å²) in [4.78, 5) is 19.5. The highest BCUT2D eigenvalue weighted by Gasteiger charge is 2.20. The van der Waals surface area contributed by atoms with Gasteiger partial charge in [-0.2, -0.15) is 5.10 Å². The van der Waals surface area contributed by atoms with Gasteiger partial charge >= 0.3 is 11.9 Å². The van der Waals surface area contributed by atoms with Crippen molar-refractivity contribution in [2.24, 2.45) is 10.8 Å². The fourth-order valence-corrected chi connectivity index (χ4v) is 0.744. The zero-order valence-corrected chi connectivity index (χ0v) is 7.21. The number of hydrogen-bond acceptors (Lipinski definition) is 6. The minimum absolute atomic E-state index is 0.0899. The first kappa shape index (κ1) is 10.5. The van der Waals surface area contributed by atoms with Crippen LogP contribution in [0.4, 0.5) is 10.7 Å². The lowest BCUT2D eigenvalue weighted by molar-refractivity contribution is -0.403. The van der Waals surface area contributed by atoms with E-state index in [1.165, 1.54) is 0 Å². The zero-order valence-electron chi connectivity index (χ0n) is 7.21. The first-order chi connectivity index (χ1) is 7.00. The SMILES string of the molecule is NC(=O)N/N=C/c1cc(O)c([N+](=O)[O-])o1. The number of hydrazone groups is 1. The number of primary amides is 1. The quantitative estimate of drug-likeness (QED) is 0.365. The topological polar surface area (TPSA) is 144 Å². The highest BCUT2D eigenvalue weighted by atomic mass is 16.7. The second-order valence-electron chi connectivity index (χ2n) is 2.33. The Morgan fingerprint density at radius 2 is 2.47 bits per heavy atom. The van der Waals surface area contributed by atoms with Gasteiger partial charge in [-0.15, -0.1) is 0 Å². The Hall–Kier alpha value is -2.58. The van der Waals surface area contributed by atoms with Gasteiger partial charge < -0.3 is 15.3 Å². The number of nitro groups is 1. The van der Waals surface area contributed by atoms with Crippen molar-refractivity contribution in [3.05, 3.63) is 21.9 Å². The fourth-order valence-electron chi connectivity index (χ4n) is 0.744. The minimum Gasteiger partial charge on any atom is -0.500 e. The maximum absolute atomic E-state index is 10.2. The first-order valence-corrected chi connectivity index (χ1v) is 3.56. The van der Waals surface area contributed by atoms with Crippen LogP contribution in [-0.2, 0) is 0 Å². The molecule has 0 aromatic carbocycles. The van der Waals surface area contributed by atoms with Crippen LogP contribution in [0.2, 0.25) is 0 Å². The van der Waals surface area contributed by atoms with E-state index in [1.54, 1.807) is 0 Å². The van der Waals surface area contributed by atoms with E-state index < -0.39 is 22.6 Å². The molecule has 2 amide bonds. The van der Waals surface area contributed by atoms with E-state index in [9.17, 15) is 14.9 Å². The van der Waals surface area contributed by atoms with Crippen molar-refractivity contribution in [2.45, 2.75) is 0 Å². The van der Waals surface area contributed by atoms with Crippen LogP contribution < -0.4 is 11.2 Å². The molecule has 9 heteroatoms. The molecule has 15 heavy (non-hydrogen) atoms. The van der Waals surface area contributed by atoms with Crippen LogP contribution in [0, 0.1) is 10.1 Å². The molecule has 0 atom stereocenters. The number of hydrogen-bond donors (Lipinski definition) is 3. The number of carbonyl (C=O) groups excluding carboxylic acids is 1. The maximum atomic E-state index is 10.2. The molecule has 1 rings (SSSR count). The van der Waals surface area contributed by atoms with Gasteiger partial charge in [-0.25, -0.2) is 10.2 Å². The Balaban J connectivity index is 2.79. The average molecular weight is 214 g/mol. The molecule has 1 heterocycles. The summed E-state index contributed by atoms with van der Waals surface area (Å²) in [7, 11) is 0. The van der Waals surface area contributed by atoms with Crippen LogP contribution in [0.3, 0.4) is 0 Å². The second kappa shape index (κ2) is 4.09. The van der Waals surface area contributed by atoms with Crippen LogP contribution in [0.15, 0.2) is 15.6 Å². The van der Waals surface area contributed by atoms with Crippen LogP contribution in [-0.4, -0.2) is 22.3 Å². The molecular weight excluding hydrogens is 208 g/mol. The number of nitrogens with zero attached hydrogens (tertiary/aromatic N) is 2. The number of aromatic hydroxyl groups is 1. The Morgan fingerprint density at radius 3 is 2.93 bits per heavy atom. The van der Waals surface area contributed by atoms with Crippen molar-refractivity contribution in [1.29, 1.82) is 0 Å². The van der Waals surface area contributed by atoms with E-state index in [-0.39, 0.29) is 5.76 Å². The standard InChI is InChI=1S/C6H6N4O5/c7-6(12)9-8-2-3-1-4(11)5(15-3)10(13)14/h1-2,11H,(H3,7,9,12)/b8-2+. The maximum Gasteiger partial charge on any atom is 0.476 e. The number of amides is 2. The van der Waals surface area contributed by atoms with Crippen molar-refractivity contribution in [3.8, 4) is 5.75 Å². The largest absolute Gasteiger partial charge is 0.500 e. The van der Waals surface area contributed by atoms with Gasteiger partial charge in [-0.05, 0) is 0 Å². The molecule has 0 radical (unpaired) electrons. The molecule has 1 aromatic rings. The second-order valence-corrected chi connectivity index (χ2v) is 2.33. The summed E-state index contributed by atoms with van der Waals surface area (Å²) < 4.78 is 4.57. The monoisotopic (exact) mass is 214 g/mol. The van der Waals surface area contributed by atoms with Gasteiger partial charge in [0.15, 0.2) is 5.76 Å². The molecule has 0 aliphatic carbocycles. The predicted molar refractivity (Wildman–Crippen MR) is 47.3 cm³/mol. The van der Waals surface area contributed by atoms with E-state index in [4.69, 9.17) is 5.11 Å². The summed E-state index contributed by atoms with van der Waals surface area (Å²) in [5.41, 5.74) is 6.54. The molecule has 0 fully saturated rings. The van der Waals surface area contributed by atoms with E-state index in [2.05, 4.69) is 15.3 Å². The molecule has 0 aliphatic heterocycles. The number of rotatable bonds is 3. The van der Waals surface area contributed by atoms with E-state index >= 15 is 0 Å². The third kappa shape index (κ3) is 2.69. The van der Waals surface area contributed by atoms with Crippen molar-refractivity contribution in [2.75, 3.05) is 0 Å². The van der Waals surface area contributed by atoms with Crippen LogP contribution in [0.1, 0.15) is 5.76 Å². The Morgan fingerprint density at radius 1 is 1.80 bits per heavy atom. The molecule has 1 aromatic heterocycles. The number of nitrogens with one attached hydrogen (secondary N) is 1. The molecule has 0 bridgehead atoms. The van der Waals surface area contributed by atoms with Gasteiger partial charge in [0.05, 0.1) is 6.21 Å². The molecule has 4 N–H and O–H groups in total. The van der Waals surface area contributed by atoms with Crippen molar-refractivity contribution < 1.29 is 19.2 Å². The smallest absolute Gasteiger partial charge is 0.476 e. The van der Waals surface area contributed by atoms with Gasteiger partial charge in [0.2, 0.25) is 5.75 Å². The number of carbonyl (C=O) groups is 1. The first-order valence-electron chi connectivity index (χ1n) is 3.56. The lowest BCUT2D eigenvalue weighted by Crippen LogP contribution is -2.24. The summed E-state index contributed by atoms with van der Waals surface area (Å²) in [5.74, 6) is -1.51. The fraction of sp³-hybridized carbons (Fsp3) is 0. The van der Waals surface area contributed by atoms with Gasteiger partial charge in [-0.3, -0.25) is 10.1 Å².